The molecule has 2 aromatic carbocycles. The number of nitriles is 1. The topological polar surface area (TPSA) is 64.9 Å². The zero-order valence-electron chi connectivity index (χ0n) is 13.0. The SMILES string of the molecule is C[C@H](NC[C@H]1CC(=O)Nc2ccccc21)c1cccc(C#N)c1. The van der Waals surface area contributed by atoms with Crippen LogP contribution in [0.1, 0.15) is 42.0 Å². The van der Waals surface area contributed by atoms with Crippen molar-refractivity contribution in [1.29, 1.82) is 5.26 Å². The Bertz CT molecular complexity index is 763. The lowest BCUT2D eigenvalue weighted by atomic mass is 9.90. The fourth-order valence-electron chi connectivity index (χ4n) is 3.00. The van der Waals surface area contributed by atoms with Crippen LogP contribution in [0.15, 0.2) is 48.5 Å². The van der Waals surface area contributed by atoms with Crippen LogP contribution in [0, 0.1) is 11.3 Å². The van der Waals surface area contributed by atoms with Gasteiger partial charge in [-0.05, 0) is 36.2 Å². The van der Waals surface area contributed by atoms with Gasteiger partial charge in [0, 0.05) is 30.6 Å². The predicted octanol–water partition coefficient (Wildman–Crippen LogP) is 3.33. The van der Waals surface area contributed by atoms with Crippen molar-refractivity contribution in [2.45, 2.75) is 25.3 Å². The zero-order chi connectivity index (χ0) is 16.2. The molecule has 2 atom stereocenters. The molecule has 3 rings (SSSR count). The monoisotopic (exact) mass is 305 g/mol. The molecule has 1 heterocycles. The summed E-state index contributed by atoms with van der Waals surface area (Å²) < 4.78 is 0. The Morgan fingerprint density at radius 3 is 2.96 bits per heavy atom. The van der Waals surface area contributed by atoms with E-state index in [2.05, 4.69) is 29.7 Å². The first kappa shape index (κ1) is 15.3. The molecule has 0 unspecified atom stereocenters. The van der Waals surface area contributed by atoms with Gasteiger partial charge >= 0.3 is 0 Å². The maximum absolute atomic E-state index is 11.9. The van der Waals surface area contributed by atoms with E-state index in [4.69, 9.17) is 5.26 Å². The molecule has 0 bridgehead atoms. The van der Waals surface area contributed by atoms with Crippen molar-refractivity contribution in [3.05, 3.63) is 65.2 Å². The van der Waals surface area contributed by atoms with Crippen molar-refractivity contribution < 1.29 is 4.79 Å². The van der Waals surface area contributed by atoms with Crippen LogP contribution in [0.2, 0.25) is 0 Å². The van der Waals surface area contributed by atoms with Crippen molar-refractivity contribution in [2.75, 3.05) is 11.9 Å². The maximum Gasteiger partial charge on any atom is 0.225 e. The molecule has 0 saturated heterocycles. The van der Waals surface area contributed by atoms with E-state index in [-0.39, 0.29) is 17.9 Å². The molecular weight excluding hydrogens is 286 g/mol. The van der Waals surface area contributed by atoms with Gasteiger partial charge in [0.05, 0.1) is 11.6 Å². The number of hydrogen-bond donors (Lipinski definition) is 2. The van der Waals surface area contributed by atoms with E-state index in [0.29, 0.717) is 12.0 Å². The third kappa shape index (κ3) is 3.41. The average molecular weight is 305 g/mol. The Labute approximate surface area is 136 Å². The minimum absolute atomic E-state index is 0.0645. The minimum atomic E-state index is 0.0645. The highest BCUT2D eigenvalue weighted by Crippen LogP contribution is 2.31. The van der Waals surface area contributed by atoms with E-state index in [1.807, 2.05) is 36.4 Å². The van der Waals surface area contributed by atoms with E-state index in [1.54, 1.807) is 6.07 Å². The average Bonchev–Trinajstić information content (AvgIpc) is 2.59. The molecule has 23 heavy (non-hydrogen) atoms. The van der Waals surface area contributed by atoms with Crippen LogP contribution in [0.4, 0.5) is 5.69 Å². The Kier molecular flexibility index (Phi) is 4.40. The number of hydrogen-bond acceptors (Lipinski definition) is 3. The lowest BCUT2D eigenvalue weighted by Gasteiger charge is -2.27. The normalized spacial score (nSPS) is 17.7. The summed E-state index contributed by atoms with van der Waals surface area (Å²) in [5, 5.41) is 15.4. The number of nitrogens with one attached hydrogen (secondary N) is 2. The standard InChI is InChI=1S/C19H19N3O/c1-13(15-6-4-5-14(9-15)11-20)21-12-16-10-19(23)22-18-8-3-2-7-17(16)18/h2-9,13,16,21H,10,12H2,1H3,(H,22,23)/t13-,16+/m0/s1. The highest BCUT2D eigenvalue weighted by molar-refractivity contribution is 5.94. The molecule has 0 aliphatic carbocycles. The summed E-state index contributed by atoms with van der Waals surface area (Å²) in [5.41, 5.74) is 3.84. The number of carbonyl (C=O) groups excluding carboxylic acids is 1. The highest BCUT2D eigenvalue weighted by Gasteiger charge is 2.24. The van der Waals surface area contributed by atoms with Gasteiger partial charge in [0.25, 0.3) is 0 Å². The third-order valence-corrected chi connectivity index (χ3v) is 4.29. The summed E-state index contributed by atoms with van der Waals surface area (Å²) in [4.78, 5) is 11.9. The van der Waals surface area contributed by atoms with E-state index >= 15 is 0 Å². The number of nitrogens with zero attached hydrogens (tertiary/aromatic N) is 1. The van der Waals surface area contributed by atoms with Crippen molar-refractivity contribution in [3.63, 3.8) is 0 Å². The minimum Gasteiger partial charge on any atom is -0.326 e. The second kappa shape index (κ2) is 6.64. The van der Waals surface area contributed by atoms with Gasteiger partial charge in [0.2, 0.25) is 5.91 Å². The summed E-state index contributed by atoms with van der Waals surface area (Å²) in [6, 6.07) is 17.9. The van der Waals surface area contributed by atoms with Gasteiger partial charge in [0.1, 0.15) is 0 Å². The van der Waals surface area contributed by atoms with Crippen LogP contribution in [0.25, 0.3) is 0 Å². The van der Waals surface area contributed by atoms with Gasteiger partial charge in [-0.1, -0.05) is 30.3 Å². The molecule has 0 radical (unpaired) electrons. The highest BCUT2D eigenvalue weighted by atomic mass is 16.1. The van der Waals surface area contributed by atoms with Gasteiger partial charge in [-0.25, -0.2) is 0 Å². The summed E-state index contributed by atoms with van der Waals surface area (Å²) in [7, 11) is 0. The van der Waals surface area contributed by atoms with Crippen molar-refractivity contribution in [3.8, 4) is 6.07 Å². The number of rotatable bonds is 4. The van der Waals surface area contributed by atoms with Crippen molar-refractivity contribution >= 4 is 11.6 Å². The first-order valence-corrected chi connectivity index (χ1v) is 7.79. The van der Waals surface area contributed by atoms with Crippen LogP contribution in [0.5, 0.6) is 0 Å². The molecule has 2 N–H and O–H groups in total. The molecule has 4 nitrogen and oxygen atoms in total. The van der Waals surface area contributed by atoms with Gasteiger partial charge in [-0.15, -0.1) is 0 Å². The lowest BCUT2D eigenvalue weighted by molar-refractivity contribution is -0.116. The molecule has 0 spiro atoms. The van der Waals surface area contributed by atoms with Crippen LogP contribution in [0.3, 0.4) is 0 Å². The molecule has 0 saturated carbocycles. The van der Waals surface area contributed by atoms with E-state index in [0.717, 1.165) is 17.8 Å². The Hall–Kier alpha value is -2.64. The number of para-hydroxylation sites is 1. The van der Waals surface area contributed by atoms with E-state index in [1.165, 1.54) is 5.56 Å². The maximum atomic E-state index is 11.9. The molecular formula is C19H19N3O. The fraction of sp³-hybridized carbons (Fsp3) is 0.263. The van der Waals surface area contributed by atoms with Crippen molar-refractivity contribution in [2.24, 2.45) is 0 Å². The summed E-state index contributed by atoms with van der Waals surface area (Å²) in [6.45, 7) is 2.80. The van der Waals surface area contributed by atoms with Crippen LogP contribution >= 0.6 is 0 Å². The van der Waals surface area contributed by atoms with Crippen LogP contribution in [-0.4, -0.2) is 12.5 Å². The Morgan fingerprint density at radius 2 is 2.13 bits per heavy atom. The fourth-order valence-corrected chi connectivity index (χ4v) is 3.00. The van der Waals surface area contributed by atoms with Gasteiger partial charge in [0.15, 0.2) is 0 Å². The van der Waals surface area contributed by atoms with E-state index < -0.39 is 0 Å². The molecule has 0 fully saturated rings. The third-order valence-electron chi connectivity index (χ3n) is 4.29. The van der Waals surface area contributed by atoms with Crippen LogP contribution in [-0.2, 0) is 4.79 Å². The second-order valence-electron chi connectivity index (χ2n) is 5.90. The quantitative estimate of drug-likeness (QED) is 0.910. The van der Waals surface area contributed by atoms with Gasteiger partial charge in [-0.3, -0.25) is 4.79 Å². The van der Waals surface area contributed by atoms with E-state index in [9.17, 15) is 4.79 Å². The second-order valence-corrected chi connectivity index (χ2v) is 5.90. The molecule has 0 aromatic heterocycles. The zero-order valence-corrected chi connectivity index (χ0v) is 13.0. The van der Waals surface area contributed by atoms with Crippen LogP contribution < -0.4 is 10.6 Å². The smallest absolute Gasteiger partial charge is 0.225 e. The molecule has 116 valence electrons. The molecule has 1 amide bonds. The first-order chi connectivity index (χ1) is 11.2. The summed E-state index contributed by atoms with van der Waals surface area (Å²) in [6.07, 6.45) is 0.495. The summed E-state index contributed by atoms with van der Waals surface area (Å²) in [5.74, 6) is 0.233. The Balaban J connectivity index is 1.71. The number of fused-ring (bicyclic) bond motifs is 1. The molecule has 1 aliphatic heterocycles. The Morgan fingerprint density at radius 1 is 1.30 bits per heavy atom. The number of amides is 1. The predicted molar refractivity (Wildman–Crippen MR) is 90.0 cm³/mol. The largest absolute Gasteiger partial charge is 0.326 e. The van der Waals surface area contributed by atoms with Gasteiger partial charge < -0.3 is 10.6 Å². The molecule has 4 heteroatoms. The lowest BCUT2D eigenvalue weighted by Crippen LogP contribution is -2.31. The summed E-state index contributed by atoms with van der Waals surface area (Å²) >= 11 is 0. The van der Waals surface area contributed by atoms with Crippen molar-refractivity contribution in [1.82, 2.24) is 5.32 Å². The van der Waals surface area contributed by atoms with Gasteiger partial charge in [-0.2, -0.15) is 5.26 Å². The first-order valence-electron chi connectivity index (χ1n) is 7.79. The number of carbonyl (C=O) groups is 1. The number of benzene rings is 2. The number of anilines is 1. The molecule has 2 aromatic rings. The molecule has 1 aliphatic rings.